The minimum absolute atomic E-state index is 0.145. The Bertz CT molecular complexity index is 325. The highest BCUT2D eigenvalue weighted by atomic mass is 16.3. The first-order valence-corrected chi connectivity index (χ1v) is 5.21. The quantitative estimate of drug-likeness (QED) is 0.475. The van der Waals surface area contributed by atoms with Crippen molar-refractivity contribution >= 4 is 5.91 Å². The van der Waals surface area contributed by atoms with Crippen LogP contribution in [-0.2, 0) is 17.9 Å². The summed E-state index contributed by atoms with van der Waals surface area (Å²) < 4.78 is 1.68. The van der Waals surface area contributed by atoms with Crippen LogP contribution in [0.4, 0.5) is 0 Å². The maximum absolute atomic E-state index is 10.5. The number of aliphatic hydroxyl groups excluding tert-OH is 1. The second kappa shape index (κ2) is 6.91. The third kappa shape index (κ3) is 4.85. The number of nitrogens with zero attached hydrogens (tertiary/aromatic N) is 3. The summed E-state index contributed by atoms with van der Waals surface area (Å²) in [6.45, 7) is 1.90. The lowest BCUT2D eigenvalue weighted by Gasteiger charge is -1.99. The third-order valence-corrected chi connectivity index (χ3v) is 1.99. The van der Waals surface area contributed by atoms with Crippen LogP contribution in [0.2, 0.25) is 0 Å². The molecule has 1 aromatic heterocycles. The summed E-state index contributed by atoms with van der Waals surface area (Å²) >= 11 is 0. The lowest BCUT2D eigenvalue weighted by Crippen LogP contribution is -2.21. The van der Waals surface area contributed by atoms with E-state index in [1.807, 2.05) is 6.20 Å². The Labute approximate surface area is 93.6 Å². The number of rotatable bonds is 8. The first kappa shape index (κ1) is 12.6. The third-order valence-electron chi connectivity index (χ3n) is 1.99. The fourth-order valence-electron chi connectivity index (χ4n) is 1.19. The second-order valence-electron chi connectivity index (χ2n) is 3.44. The normalized spacial score (nSPS) is 10.6. The van der Waals surface area contributed by atoms with Crippen LogP contribution < -0.4 is 11.1 Å². The van der Waals surface area contributed by atoms with Gasteiger partial charge in [0.15, 0.2) is 0 Å². The molecule has 0 atom stereocenters. The molecule has 1 heterocycles. The van der Waals surface area contributed by atoms with E-state index in [1.54, 1.807) is 4.68 Å². The molecule has 0 aromatic carbocycles. The molecule has 1 amide bonds. The van der Waals surface area contributed by atoms with Crippen LogP contribution in [0.1, 0.15) is 18.5 Å². The number of aryl methyl sites for hydroxylation is 1. The Morgan fingerprint density at radius 1 is 1.62 bits per heavy atom. The van der Waals surface area contributed by atoms with Gasteiger partial charge in [-0.2, -0.15) is 0 Å². The van der Waals surface area contributed by atoms with Crippen molar-refractivity contribution < 1.29 is 9.90 Å². The Kier molecular flexibility index (Phi) is 5.44. The number of carbonyl (C=O) groups excluding carboxylic acids is 1. The predicted molar refractivity (Wildman–Crippen MR) is 57.2 cm³/mol. The minimum Gasteiger partial charge on any atom is -0.396 e. The van der Waals surface area contributed by atoms with Gasteiger partial charge in [0.05, 0.1) is 5.69 Å². The van der Waals surface area contributed by atoms with E-state index in [2.05, 4.69) is 15.6 Å². The van der Waals surface area contributed by atoms with E-state index in [4.69, 9.17) is 10.8 Å². The minimum atomic E-state index is -0.320. The van der Waals surface area contributed by atoms with Gasteiger partial charge in [-0.25, -0.2) is 0 Å². The standard InChI is InChI=1S/C9H17N5O2/c10-9(16)2-3-11-6-8-7-14(13-12-8)4-1-5-15/h7,11,15H,1-6H2,(H2,10,16). The molecule has 0 bridgehead atoms. The molecule has 7 nitrogen and oxygen atoms in total. The Morgan fingerprint density at radius 2 is 2.44 bits per heavy atom. The van der Waals surface area contributed by atoms with Crippen LogP contribution in [0.25, 0.3) is 0 Å². The van der Waals surface area contributed by atoms with E-state index in [-0.39, 0.29) is 12.5 Å². The predicted octanol–water partition coefficient (Wildman–Crippen LogP) is -1.37. The van der Waals surface area contributed by atoms with Crippen molar-refractivity contribution in [3.63, 3.8) is 0 Å². The van der Waals surface area contributed by atoms with Gasteiger partial charge in [0.1, 0.15) is 0 Å². The number of amides is 1. The fourth-order valence-corrected chi connectivity index (χ4v) is 1.19. The lowest BCUT2D eigenvalue weighted by atomic mass is 10.4. The summed E-state index contributed by atoms with van der Waals surface area (Å²) in [5.74, 6) is -0.320. The highest BCUT2D eigenvalue weighted by molar-refractivity contribution is 5.73. The monoisotopic (exact) mass is 227 g/mol. The van der Waals surface area contributed by atoms with Gasteiger partial charge >= 0.3 is 0 Å². The maximum atomic E-state index is 10.5. The van der Waals surface area contributed by atoms with Crippen molar-refractivity contribution in [3.8, 4) is 0 Å². The number of primary amides is 1. The van der Waals surface area contributed by atoms with E-state index in [1.165, 1.54) is 0 Å². The first-order chi connectivity index (χ1) is 7.72. The number of nitrogens with one attached hydrogen (secondary N) is 1. The average Bonchev–Trinajstić information content (AvgIpc) is 2.69. The van der Waals surface area contributed by atoms with Crippen molar-refractivity contribution in [2.24, 2.45) is 5.73 Å². The molecule has 0 aliphatic carbocycles. The highest BCUT2D eigenvalue weighted by Gasteiger charge is 2.00. The molecule has 1 aromatic rings. The van der Waals surface area contributed by atoms with Gasteiger partial charge in [-0.05, 0) is 6.42 Å². The van der Waals surface area contributed by atoms with Crippen molar-refractivity contribution in [1.82, 2.24) is 20.3 Å². The van der Waals surface area contributed by atoms with Gasteiger partial charge < -0.3 is 16.2 Å². The number of carbonyl (C=O) groups is 1. The second-order valence-corrected chi connectivity index (χ2v) is 3.44. The molecule has 0 spiro atoms. The van der Waals surface area contributed by atoms with Crippen LogP contribution in [0.15, 0.2) is 6.20 Å². The molecule has 0 aliphatic rings. The van der Waals surface area contributed by atoms with Crippen molar-refractivity contribution in [2.45, 2.75) is 25.9 Å². The van der Waals surface area contributed by atoms with E-state index in [0.717, 1.165) is 5.69 Å². The molecule has 90 valence electrons. The topological polar surface area (TPSA) is 106 Å². The number of aromatic nitrogens is 3. The van der Waals surface area contributed by atoms with E-state index >= 15 is 0 Å². The fraction of sp³-hybridized carbons (Fsp3) is 0.667. The van der Waals surface area contributed by atoms with Crippen molar-refractivity contribution in [1.29, 1.82) is 0 Å². The summed E-state index contributed by atoms with van der Waals surface area (Å²) in [7, 11) is 0. The Morgan fingerprint density at radius 3 is 3.12 bits per heavy atom. The van der Waals surface area contributed by atoms with E-state index in [0.29, 0.717) is 32.5 Å². The molecule has 0 unspecified atom stereocenters. The molecule has 16 heavy (non-hydrogen) atoms. The Hall–Kier alpha value is -1.47. The van der Waals surface area contributed by atoms with Gasteiger partial charge in [-0.3, -0.25) is 9.48 Å². The van der Waals surface area contributed by atoms with E-state index < -0.39 is 0 Å². The zero-order valence-corrected chi connectivity index (χ0v) is 9.09. The zero-order valence-electron chi connectivity index (χ0n) is 9.09. The van der Waals surface area contributed by atoms with Crippen LogP contribution in [0, 0.1) is 0 Å². The van der Waals surface area contributed by atoms with Crippen LogP contribution in [-0.4, -0.2) is 39.2 Å². The molecule has 0 radical (unpaired) electrons. The van der Waals surface area contributed by atoms with Gasteiger partial charge in [0, 0.05) is 38.9 Å². The summed E-state index contributed by atoms with van der Waals surface area (Å²) in [5.41, 5.74) is 5.80. The van der Waals surface area contributed by atoms with Gasteiger partial charge in [0.25, 0.3) is 0 Å². The molecule has 7 heteroatoms. The molecule has 0 saturated heterocycles. The van der Waals surface area contributed by atoms with E-state index in [9.17, 15) is 4.79 Å². The van der Waals surface area contributed by atoms with Crippen LogP contribution >= 0.6 is 0 Å². The molecule has 4 N–H and O–H groups in total. The van der Waals surface area contributed by atoms with Gasteiger partial charge in [-0.15, -0.1) is 5.10 Å². The van der Waals surface area contributed by atoms with Crippen molar-refractivity contribution in [2.75, 3.05) is 13.2 Å². The van der Waals surface area contributed by atoms with Gasteiger partial charge in [-0.1, -0.05) is 5.21 Å². The Balaban J connectivity index is 2.21. The average molecular weight is 227 g/mol. The van der Waals surface area contributed by atoms with Crippen LogP contribution in [0.3, 0.4) is 0 Å². The largest absolute Gasteiger partial charge is 0.396 e. The number of hydrogen-bond donors (Lipinski definition) is 3. The van der Waals surface area contributed by atoms with Gasteiger partial charge in [0.2, 0.25) is 5.91 Å². The number of nitrogens with two attached hydrogens (primary N) is 1. The number of aliphatic hydroxyl groups is 1. The SMILES string of the molecule is NC(=O)CCNCc1cn(CCCO)nn1. The first-order valence-electron chi connectivity index (χ1n) is 5.21. The number of hydrogen-bond acceptors (Lipinski definition) is 5. The molecule has 1 rings (SSSR count). The summed E-state index contributed by atoms with van der Waals surface area (Å²) in [4.78, 5) is 10.5. The molecule has 0 aliphatic heterocycles. The highest BCUT2D eigenvalue weighted by Crippen LogP contribution is 1.94. The molecular weight excluding hydrogens is 210 g/mol. The smallest absolute Gasteiger partial charge is 0.218 e. The zero-order chi connectivity index (χ0) is 11.8. The summed E-state index contributed by atoms with van der Waals surface area (Å²) in [6.07, 6.45) is 2.80. The molecule has 0 saturated carbocycles. The summed E-state index contributed by atoms with van der Waals surface area (Å²) in [6, 6.07) is 0. The van der Waals surface area contributed by atoms with Crippen LogP contribution in [0.5, 0.6) is 0 Å². The maximum Gasteiger partial charge on any atom is 0.218 e. The van der Waals surface area contributed by atoms with Crippen molar-refractivity contribution in [3.05, 3.63) is 11.9 Å². The summed E-state index contributed by atoms with van der Waals surface area (Å²) in [5, 5.41) is 19.5. The molecular formula is C9H17N5O2. The lowest BCUT2D eigenvalue weighted by molar-refractivity contribution is -0.117. The molecule has 0 fully saturated rings.